The number of carbonyl (C=O) groups is 1. The normalized spacial score (nSPS) is 10.6. The van der Waals surface area contributed by atoms with Gasteiger partial charge in [0, 0.05) is 17.5 Å². The summed E-state index contributed by atoms with van der Waals surface area (Å²) >= 11 is 7.51. The third-order valence-electron chi connectivity index (χ3n) is 3.04. The van der Waals surface area contributed by atoms with E-state index in [-0.39, 0.29) is 5.78 Å². The predicted octanol–water partition coefficient (Wildman–Crippen LogP) is 3.58. The average Bonchev–Trinajstić information content (AvgIpc) is 2.68. The van der Waals surface area contributed by atoms with Crippen molar-refractivity contribution in [2.45, 2.75) is 26.8 Å². The molecule has 0 saturated heterocycles. The molecule has 1 heterocycles. The van der Waals surface area contributed by atoms with Crippen molar-refractivity contribution in [3.8, 4) is 0 Å². The van der Waals surface area contributed by atoms with E-state index < -0.39 is 0 Å². The van der Waals surface area contributed by atoms with Gasteiger partial charge in [0.25, 0.3) is 0 Å². The quantitative estimate of drug-likeness (QED) is 0.619. The second-order valence-corrected chi connectivity index (χ2v) is 5.73. The van der Waals surface area contributed by atoms with E-state index in [0.29, 0.717) is 11.4 Å². The number of aryl methyl sites for hydroxylation is 2. The summed E-state index contributed by atoms with van der Waals surface area (Å²) in [5.41, 5.74) is 4.04. The molecule has 0 aliphatic rings. The van der Waals surface area contributed by atoms with Gasteiger partial charge >= 0.3 is 0 Å². The number of ketones is 1. The molecule has 0 aliphatic carbocycles. The molecular formula is C14H15ClNOS+. The Morgan fingerprint density at radius 3 is 2.50 bits per heavy atom. The van der Waals surface area contributed by atoms with Gasteiger partial charge in [0.15, 0.2) is 18.0 Å². The summed E-state index contributed by atoms with van der Waals surface area (Å²) in [6, 6.07) is 7.06. The van der Waals surface area contributed by atoms with Crippen LogP contribution in [0.1, 0.15) is 27.3 Å². The molecule has 2 rings (SSSR count). The first-order valence-corrected chi connectivity index (χ1v) is 7.06. The van der Waals surface area contributed by atoms with Crippen molar-refractivity contribution in [2.24, 2.45) is 0 Å². The van der Waals surface area contributed by atoms with Crippen molar-refractivity contribution in [3.63, 3.8) is 0 Å². The monoisotopic (exact) mass is 280 g/mol. The number of hydrogen-bond acceptors (Lipinski definition) is 2. The molecule has 0 amide bonds. The lowest BCUT2D eigenvalue weighted by atomic mass is 10.1. The van der Waals surface area contributed by atoms with Gasteiger partial charge in [0.05, 0.1) is 11.3 Å². The van der Waals surface area contributed by atoms with E-state index >= 15 is 0 Å². The Morgan fingerprint density at radius 1 is 1.28 bits per heavy atom. The molecule has 0 fully saturated rings. The molecular weight excluding hydrogens is 266 g/mol. The average molecular weight is 281 g/mol. The third-order valence-corrected chi connectivity index (χ3v) is 4.30. The largest absolute Gasteiger partial charge is 0.294 e. The first-order chi connectivity index (χ1) is 8.58. The SMILES string of the molecule is Cc1sc[n+](CCC(=O)c2ccc(Cl)cc2)c1C. The number of carbonyl (C=O) groups excluding carboxylic acids is 1. The van der Waals surface area contributed by atoms with Gasteiger partial charge in [-0.1, -0.05) is 22.9 Å². The highest BCUT2D eigenvalue weighted by Crippen LogP contribution is 2.12. The van der Waals surface area contributed by atoms with Crippen LogP contribution in [-0.4, -0.2) is 5.78 Å². The number of Topliss-reactive ketones (excluding diaryl/α,β-unsaturated/α-hetero) is 1. The van der Waals surface area contributed by atoms with Crippen LogP contribution in [0, 0.1) is 13.8 Å². The molecule has 0 unspecified atom stereocenters. The summed E-state index contributed by atoms with van der Waals surface area (Å²) in [6.45, 7) is 4.91. The Balaban J connectivity index is 2.00. The number of hydrogen-bond donors (Lipinski definition) is 0. The lowest BCUT2D eigenvalue weighted by molar-refractivity contribution is -0.696. The van der Waals surface area contributed by atoms with Crippen LogP contribution in [0.2, 0.25) is 5.02 Å². The minimum absolute atomic E-state index is 0.155. The highest BCUT2D eigenvalue weighted by molar-refractivity contribution is 7.09. The van der Waals surface area contributed by atoms with E-state index in [4.69, 9.17) is 11.6 Å². The zero-order chi connectivity index (χ0) is 13.1. The molecule has 0 atom stereocenters. The zero-order valence-corrected chi connectivity index (χ0v) is 12.0. The number of halogens is 1. The van der Waals surface area contributed by atoms with Crippen molar-refractivity contribution in [1.29, 1.82) is 0 Å². The summed E-state index contributed by atoms with van der Waals surface area (Å²) in [7, 11) is 0. The molecule has 0 saturated carbocycles. The van der Waals surface area contributed by atoms with Gasteiger partial charge < -0.3 is 0 Å². The molecule has 94 valence electrons. The van der Waals surface area contributed by atoms with Gasteiger partial charge in [-0.15, -0.1) is 0 Å². The molecule has 0 bridgehead atoms. The highest BCUT2D eigenvalue weighted by atomic mass is 35.5. The van der Waals surface area contributed by atoms with Crippen molar-refractivity contribution in [1.82, 2.24) is 0 Å². The minimum atomic E-state index is 0.155. The maximum atomic E-state index is 12.0. The Bertz CT molecular complexity index is 560. The maximum Gasteiger partial charge on any atom is 0.225 e. The van der Waals surface area contributed by atoms with Gasteiger partial charge in [-0.3, -0.25) is 4.79 Å². The van der Waals surface area contributed by atoms with Crippen LogP contribution in [0.4, 0.5) is 0 Å². The number of aromatic nitrogens is 1. The van der Waals surface area contributed by atoms with Crippen molar-refractivity contribution in [3.05, 3.63) is 50.9 Å². The number of thiazole rings is 1. The Labute approximate surface area is 116 Å². The fraction of sp³-hybridized carbons (Fsp3) is 0.286. The van der Waals surface area contributed by atoms with Crippen LogP contribution in [0.5, 0.6) is 0 Å². The molecule has 18 heavy (non-hydrogen) atoms. The van der Waals surface area contributed by atoms with E-state index in [1.54, 1.807) is 35.6 Å². The summed E-state index contributed by atoms with van der Waals surface area (Å²) in [5.74, 6) is 0.155. The fourth-order valence-electron chi connectivity index (χ4n) is 1.73. The Morgan fingerprint density at radius 2 is 1.94 bits per heavy atom. The predicted molar refractivity (Wildman–Crippen MR) is 74.4 cm³/mol. The summed E-state index contributed by atoms with van der Waals surface area (Å²) < 4.78 is 2.13. The smallest absolute Gasteiger partial charge is 0.225 e. The maximum absolute atomic E-state index is 12.0. The van der Waals surface area contributed by atoms with Gasteiger partial charge in [-0.25, -0.2) is 0 Å². The minimum Gasteiger partial charge on any atom is -0.294 e. The molecule has 1 aromatic heterocycles. The lowest BCUT2D eigenvalue weighted by Crippen LogP contribution is -2.35. The summed E-state index contributed by atoms with van der Waals surface area (Å²) in [5, 5.41) is 0.658. The van der Waals surface area contributed by atoms with Gasteiger partial charge in [0.2, 0.25) is 5.51 Å². The first kappa shape index (κ1) is 13.2. The van der Waals surface area contributed by atoms with Gasteiger partial charge in [0.1, 0.15) is 0 Å². The lowest BCUT2D eigenvalue weighted by Gasteiger charge is -1.99. The van der Waals surface area contributed by atoms with Gasteiger partial charge in [-0.05, 0) is 31.2 Å². The number of benzene rings is 1. The molecule has 0 spiro atoms. The van der Waals surface area contributed by atoms with Crippen LogP contribution in [0.3, 0.4) is 0 Å². The topological polar surface area (TPSA) is 20.9 Å². The van der Waals surface area contributed by atoms with Crippen LogP contribution >= 0.6 is 22.9 Å². The van der Waals surface area contributed by atoms with Crippen molar-refractivity contribution in [2.75, 3.05) is 0 Å². The zero-order valence-electron chi connectivity index (χ0n) is 10.4. The molecule has 0 radical (unpaired) electrons. The molecule has 2 nitrogen and oxygen atoms in total. The Kier molecular flexibility index (Phi) is 4.15. The van der Waals surface area contributed by atoms with Gasteiger partial charge in [-0.2, -0.15) is 4.57 Å². The molecule has 0 aliphatic heterocycles. The molecule has 2 aromatic rings. The summed E-state index contributed by atoms with van der Waals surface area (Å²) in [6.07, 6.45) is 0.517. The second kappa shape index (κ2) is 5.63. The third kappa shape index (κ3) is 2.98. The number of rotatable bonds is 4. The molecule has 1 aromatic carbocycles. The summed E-state index contributed by atoms with van der Waals surface area (Å²) in [4.78, 5) is 13.3. The van der Waals surface area contributed by atoms with E-state index in [2.05, 4.69) is 23.9 Å². The van der Waals surface area contributed by atoms with Crippen LogP contribution < -0.4 is 4.57 Å². The molecule has 0 N–H and O–H groups in total. The first-order valence-electron chi connectivity index (χ1n) is 5.81. The highest BCUT2D eigenvalue weighted by Gasteiger charge is 2.14. The van der Waals surface area contributed by atoms with Crippen LogP contribution in [0.25, 0.3) is 0 Å². The molecule has 4 heteroatoms. The van der Waals surface area contributed by atoms with Crippen molar-refractivity contribution < 1.29 is 9.36 Å². The van der Waals surface area contributed by atoms with E-state index in [1.807, 2.05) is 0 Å². The standard InChI is InChI=1S/C14H15ClNOS/c1-10-11(2)18-9-16(10)8-7-14(17)12-3-5-13(15)6-4-12/h3-6,9H,7-8H2,1-2H3/q+1. The van der Waals surface area contributed by atoms with E-state index in [1.165, 1.54) is 10.6 Å². The van der Waals surface area contributed by atoms with E-state index in [9.17, 15) is 4.79 Å². The van der Waals surface area contributed by atoms with Crippen molar-refractivity contribution >= 4 is 28.7 Å². The number of nitrogens with zero attached hydrogens (tertiary/aromatic N) is 1. The second-order valence-electron chi connectivity index (χ2n) is 4.24. The van der Waals surface area contributed by atoms with Crippen LogP contribution in [-0.2, 0) is 6.54 Å². The van der Waals surface area contributed by atoms with E-state index in [0.717, 1.165) is 12.1 Å². The fourth-order valence-corrected chi connectivity index (χ4v) is 2.69. The Hall–Kier alpha value is -1.19. The van der Waals surface area contributed by atoms with Crippen LogP contribution in [0.15, 0.2) is 29.8 Å².